The van der Waals surface area contributed by atoms with E-state index in [-0.39, 0.29) is 5.91 Å². The molecule has 7 heteroatoms. The van der Waals surface area contributed by atoms with Gasteiger partial charge in [0, 0.05) is 13.1 Å². The Hall–Kier alpha value is -0.680. The molecule has 1 heterocycles. The molecular formula is C13H15Cl3N2O2. The second-order valence-corrected chi connectivity index (χ2v) is 5.77. The van der Waals surface area contributed by atoms with Crippen LogP contribution < -0.4 is 5.32 Å². The smallest absolute Gasteiger partial charge is 0.244 e. The van der Waals surface area contributed by atoms with Crippen molar-refractivity contribution in [1.29, 1.82) is 0 Å². The highest BCUT2D eigenvalue weighted by molar-refractivity contribution is 6.44. The van der Waals surface area contributed by atoms with E-state index in [1.165, 1.54) is 0 Å². The van der Waals surface area contributed by atoms with Gasteiger partial charge in [-0.2, -0.15) is 0 Å². The average Bonchev–Trinajstić information content (AvgIpc) is 2.44. The third-order valence-electron chi connectivity index (χ3n) is 3.08. The summed E-state index contributed by atoms with van der Waals surface area (Å²) >= 11 is 17.9. The van der Waals surface area contributed by atoms with E-state index in [0.29, 0.717) is 47.1 Å². The Morgan fingerprint density at radius 1 is 1.20 bits per heavy atom. The van der Waals surface area contributed by atoms with Crippen molar-refractivity contribution in [3.05, 3.63) is 27.2 Å². The zero-order valence-electron chi connectivity index (χ0n) is 11.0. The second kappa shape index (κ2) is 6.85. The molecule has 1 amide bonds. The van der Waals surface area contributed by atoms with Gasteiger partial charge in [-0.3, -0.25) is 4.79 Å². The standard InChI is InChI=1S/C13H15Cl3N2O2/c1-8(13(19)18-2-4-20-5-3-18)17-12-7-10(15)9(14)6-11(12)16/h6-8,17H,2-5H2,1H3. The van der Waals surface area contributed by atoms with E-state index in [9.17, 15) is 4.79 Å². The summed E-state index contributed by atoms with van der Waals surface area (Å²) in [4.78, 5) is 14.0. The highest BCUT2D eigenvalue weighted by Gasteiger charge is 2.23. The summed E-state index contributed by atoms with van der Waals surface area (Å²) in [6, 6.07) is 2.78. The third-order valence-corrected chi connectivity index (χ3v) is 4.11. The maximum atomic E-state index is 12.3. The van der Waals surface area contributed by atoms with Gasteiger partial charge in [-0.1, -0.05) is 34.8 Å². The van der Waals surface area contributed by atoms with Crippen molar-refractivity contribution in [2.75, 3.05) is 31.6 Å². The van der Waals surface area contributed by atoms with E-state index >= 15 is 0 Å². The molecule has 1 aliphatic heterocycles. The summed E-state index contributed by atoms with van der Waals surface area (Å²) in [5, 5.41) is 4.28. The molecule has 110 valence electrons. The van der Waals surface area contributed by atoms with Gasteiger partial charge in [0.1, 0.15) is 6.04 Å². The van der Waals surface area contributed by atoms with Gasteiger partial charge in [-0.05, 0) is 19.1 Å². The SMILES string of the molecule is CC(Nc1cc(Cl)c(Cl)cc1Cl)C(=O)N1CCOCC1. The molecule has 0 saturated carbocycles. The van der Waals surface area contributed by atoms with Crippen LogP contribution in [0.5, 0.6) is 0 Å². The van der Waals surface area contributed by atoms with Gasteiger partial charge in [0.25, 0.3) is 0 Å². The van der Waals surface area contributed by atoms with Gasteiger partial charge in [0.15, 0.2) is 0 Å². The Kier molecular flexibility index (Phi) is 5.38. The highest BCUT2D eigenvalue weighted by Crippen LogP contribution is 2.32. The van der Waals surface area contributed by atoms with Crippen LogP contribution in [0.1, 0.15) is 6.92 Å². The largest absolute Gasteiger partial charge is 0.378 e. The van der Waals surface area contributed by atoms with Gasteiger partial charge in [-0.25, -0.2) is 0 Å². The zero-order valence-corrected chi connectivity index (χ0v) is 13.2. The van der Waals surface area contributed by atoms with Crippen molar-refractivity contribution < 1.29 is 9.53 Å². The van der Waals surface area contributed by atoms with Crippen LogP contribution in [0.25, 0.3) is 0 Å². The Morgan fingerprint density at radius 3 is 2.45 bits per heavy atom. The molecule has 0 radical (unpaired) electrons. The lowest BCUT2D eigenvalue weighted by Crippen LogP contribution is -2.47. The van der Waals surface area contributed by atoms with Crippen LogP contribution in [0.2, 0.25) is 15.1 Å². The number of hydrogen-bond acceptors (Lipinski definition) is 3. The molecule has 1 aromatic carbocycles. The van der Waals surface area contributed by atoms with Crippen molar-refractivity contribution in [3.63, 3.8) is 0 Å². The molecule has 1 aromatic rings. The summed E-state index contributed by atoms with van der Waals surface area (Å²) in [5.74, 6) is 0.00967. The molecule has 0 spiro atoms. The van der Waals surface area contributed by atoms with Gasteiger partial charge in [-0.15, -0.1) is 0 Å². The summed E-state index contributed by atoms with van der Waals surface area (Å²) in [6.07, 6.45) is 0. The minimum absolute atomic E-state index is 0.00967. The van der Waals surface area contributed by atoms with Gasteiger partial charge < -0.3 is 15.0 Å². The van der Waals surface area contributed by atoms with Crippen molar-refractivity contribution in [1.82, 2.24) is 4.90 Å². The number of nitrogens with zero attached hydrogens (tertiary/aromatic N) is 1. The van der Waals surface area contributed by atoms with Crippen LogP contribution in [0.15, 0.2) is 12.1 Å². The van der Waals surface area contributed by atoms with Crippen LogP contribution in [0.3, 0.4) is 0 Å². The fraction of sp³-hybridized carbons (Fsp3) is 0.462. The number of benzene rings is 1. The molecule has 1 aliphatic rings. The summed E-state index contributed by atoms with van der Waals surface area (Å²) < 4.78 is 5.23. The number of morpholine rings is 1. The third kappa shape index (κ3) is 3.70. The maximum absolute atomic E-state index is 12.3. The molecule has 1 unspecified atom stereocenters. The number of halogens is 3. The van der Waals surface area contributed by atoms with Gasteiger partial charge in [0.2, 0.25) is 5.91 Å². The molecule has 20 heavy (non-hydrogen) atoms. The summed E-state index contributed by atoms with van der Waals surface area (Å²) in [5.41, 5.74) is 0.593. The van der Waals surface area contributed by atoms with E-state index in [1.54, 1.807) is 24.0 Å². The minimum Gasteiger partial charge on any atom is -0.378 e. The van der Waals surface area contributed by atoms with Gasteiger partial charge in [0.05, 0.1) is 34.0 Å². The molecule has 4 nitrogen and oxygen atoms in total. The lowest BCUT2D eigenvalue weighted by Gasteiger charge is -2.30. The molecule has 0 bridgehead atoms. The van der Waals surface area contributed by atoms with E-state index in [2.05, 4.69) is 5.32 Å². The van der Waals surface area contributed by atoms with Crippen molar-refractivity contribution >= 4 is 46.4 Å². The summed E-state index contributed by atoms with van der Waals surface area (Å²) in [6.45, 7) is 4.16. The van der Waals surface area contributed by atoms with Gasteiger partial charge >= 0.3 is 0 Å². The average molecular weight is 338 g/mol. The number of carbonyl (C=O) groups is 1. The Morgan fingerprint density at radius 2 is 1.80 bits per heavy atom. The lowest BCUT2D eigenvalue weighted by molar-refractivity contribution is -0.135. The maximum Gasteiger partial charge on any atom is 0.244 e. The zero-order chi connectivity index (χ0) is 14.7. The molecule has 0 aromatic heterocycles. The molecule has 1 N–H and O–H groups in total. The first-order chi connectivity index (χ1) is 9.49. The molecule has 0 aliphatic carbocycles. The van der Waals surface area contributed by atoms with Crippen LogP contribution in [-0.4, -0.2) is 43.2 Å². The molecule has 1 atom stereocenters. The van der Waals surface area contributed by atoms with E-state index in [0.717, 1.165) is 0 Å². The van der Waals surface area contributed by atoms with E-state index in [1.807, 2.05) is 0 Å². The monoisotopic (exact) mass is 336 g/mol. The van der Waals surface area contributed by atoms with Crippen molar-refractivity contribution in [2.45, 2.75) is 13.0 Å². The van der Waals surface area contributed by atoms with Crippen LogP contribution >= 0.6 is 34.8 Å². The predicted molar refractivity (Wildman–Crippen MR) is 82.0 cm³/mol. The number of ether oxygens (including phenoxy) is 1. The Balaban J connectivity index is 2.05. The van der Waals surface area contributed by atoms with Crippen LogP contribution in [-0.2, 0) is 9.53 Å². The fourth-order valence-electron chi connectivity index (χ4n) is 1.99. The first-order valence-electron chi connectivity index (χ1n) is 6.26. The second-order valence-electron chi connectivity index (χ2n) is 4.55. The number of nitrogens with one attached hydrogen (secondary N) is 1. The first-order valence-corrected chi connectivity index (χ1v) is 7.40. The molecular weight excluding hydrogens is 323 g/mol. The molecule has 1 saturated heterocycles. The highest BCUT2D eigenvalue weighted by atomic mass is 35.5. The lowest BCUT2D eigenvalue weighted by atomic mass is 10.2. The Labute approximate surface area is 132 Å². The Bertz CT molecular complexity index is 505. The minimum atomic E-state index is -0.400. The van der Waals surface area contributed by atoms with Crippen LogP contribution in [0.4, 0.5) is 5.69 Å². The number of rotatable bonds is 3. The molecule has 2 rings (SSSR count). The van der Waals surface area contributed by atoms with E-state index < -0.39 is 6.04 Å². The topological polar surface area (TPSA) is 41.6 Å². The number of amides is 1. The van der Waals surface area contributed by atoms with Crippen molar-refractivity contribution in [2.24, 2.45) is 0 Å². The quantitative estimate of drug-likeness (QED) is 0.860. The summed E-state index contributed by atoms with van der Waals surface area (Å²) in [7, 11) is 0. The van der Waals surface area contributed by atoms with Crippen molar-refractivity contribution in [3.8, 4) is 0 Å². The van der Waals surface area contributed by atoms with E-state index in [4.69, 9.17) is 39.5 Å². The molecule has 1 fully saturated rings. The number of carbonyl (C=O) groups excluding carboxylic acids is 1. The first kappa shape index (κ1) is 15.7. The predicted octanol–water partition coefficient (Wildman–Crippen LogP) is 3.31. The van der Waals surface area contributed by atoms with Crippen LogP contribution in [0, 0.1) is 0 Å². The number of anilines is 1. The normalized spacial score (nSPS) is 16.9. The fourth-order valence-corrected chi connectivity index (χ4v) is 2.59. The number of hydrogen-bond donors (Lipinski definition) is 1.